The van der Waals surface area contributed by atoms with Crippen molar-refractivity contribution in [1.29, 1.82) is 0 Å². The SMILES string of the molecule is Cc1cc(C)c(B(c2ccc3c(c2)c2cc(-c4ccc(C56CC7CC(C5)CC(c5ccc([Si](c8ccccc8)(c8ccccc8)c8ccccc8)cc5)(C7)C6)cc4)ccc2n3-c2ccccc2)c2c(C)cc(C)cc2C)c(C)c1. The Hall–Kier alpha value is -7.72. The number of rotatable bonds is 11. The van der Waals surface area contributed by atoms with Gasteiger partial charge in [0.15, 0.2) is 8.07 Å². The maximum absolute atomic E-state index is 2.60. The molecule has 3 heteroatoms. The molecule has 4 saturated carbocycles. The van der Waals surface area contributed by atoms with Crippen LogP contribution in [0.3, 0.4) is 0 Å². The van der Waals surface area contributed by atoms with E-state index in [2.05, 4.69) is 277 Å². The van der Waals surface area contributed by atoms with Crippen molar-refractivity contribution in [3.8, 4) is 16.8 Å². The molecule has 0 amide bonds. The first-order chi connectivity index (χ1) is 38.5. The first-order valence-electron chi connectivity index (χ1n) is 29.2. The van der Waals surface area contributed by atoms with Crippen LogP contribution in [0.2, 0.25) is 0 Å². The second kappa shape index (κ2) is 19.3. The van der Waals surface area contributed by atoms with E-state index < -0.39 is 8.07 Å². The van der Waals surface area contributed by atoms with Crippen molar-refractivity contribution < 1.29 is 0 Å². The third-order valence-corrected chi connectivity index (χ3v) is 24.4. The second-order valence-corrected chi connectivity index (χ2v) is 28.6. The Labute approximate surface area is 470 Å². The molecule has 1 nitrogen and oxygen atoms in total. The molecule has 0 radical (unpaired) electrons. The summed E-state index contributed by atoms with van der Waals surface area (Å²) in [7, 11) is -2.60. The van der Waals surface area contributed by atoms with Gasteiger partial charge in [-0.3, -0.25) is 0 Å². The number of hydrogen-bond donors (Lipinski definition) is 0. The molecule has 10 aromatic carbocycles. The van der Waals surface area contributed by atoms with Crippen molar-refractivity contribution in [2.75, 3.05) is 0 Å². The van der Waals surface area contributed by atoms with Gasteiger partial charge in [0.1, 0.15) is 0 Å². The summed E-state index contributed by atoms with van der Waals surface area (Å²) in [4.78, 5) is 0. The van der Waals surface area contributed by atoms with Crippen LogP contribution in [0, 0.1) is 53.4 Å². The van der Waals surface area contributed by atoms with Gasteiger partial charge >= 0.3 is 0 Å². The van der Waals surface area contributed by atoms with E-state index in [4.69, 9.17) is 0 Å². The lowest BCUT2D eigenvalue weighted by atomic mass is 9.34. The first-order valence-corrected chi connectivity index (χ1v) is 31.2. The summed E-state index contributed by atoms with van der Waals surface area (Å²) in [5, 5.41) is 8.34. The summed E-state index contributed by atoms with van der Waals surface area (Å²) >= 11 is 0. The molecule has 0 N–H and O–H groups in total. The molecule has 15 rings (SSSR count). The summed E-state index contributed by atoms with van der Waals surface area (Å²) in [5.74, 6) is 1.53. The highest BCUT2D eigenvalue weighted by molar-refractivity contribution is 7.19. The molecule has 0 saturated heterocycles. The normalized spacial score (nSPS) is 19.6. The zero-order chi connectivity index (χ0) is 53.6. The van der Waals surface area contributed by atoms with Gasteiger partial charge in [0, 0.05) is 16.5 Å². The standard InChI is InChI=1S/C76H70BNSi/c1-51-39-53(3)73(54(4)40-51)77(74-55(5)41-52(2)42-56(74)6)63-34-38-72-70(45-63)69-44-60(29-37-71(69)78(72)64-19-11-7-12-20-64)59-27-30-61(31-28-59)75-46-57-43-58(47-75)49-76(48-57,50-75)62-32-35-68(36-33-62)79(65-21-13-8-14-22-65,66-23-15-9-16-24-66)67-25-17-10-18-26-67/h7-42,44-45,57-58H,43,46-50H2,1-6H3. The molecule has 0 spiro atoms. The van der Waals surface area contributed by atoms with Gasteiger partial charge in [-0.15, -0.1) is 0 Å². The fourth-order valence-electron chi connectivity index (χ4n) is 17.1. The number of fused-ring (bicyclic) bond motifs is 3. The van der Waals surface area contributed by atoms with Crippen LogP contribution in [0.5, 0.6) is 0 Å². The highest BCUT2D eigenvalue weighted by Crippen LogP contribution is 2.66. The van der Waals surface area contributed by atoms with E-state index in [0.29, 0.717) is 0 Å². The average molecular weight is 1040 g/mol. The quantitative estimate of drug-likeness (QED) is 0.0899. The largest absolute Gasteiger partial charge is 0.309 e. The van der Waals surface area contributed by atoms with Crippen molar-refractivity contribution in [2.45, 2.75) is 90.9 Å². The second-order valence-electron chi connectivity index (χ2n) is 24.8. The molecule has 1 aromatic heterocycles. The predicted octanol–water partition coefficient (Wildman–Crippen LogP) is 14.0. The molecule has 386 valence electrons. The van der Waals surface area contributed by atoms with E-state index in [9.17, 15) is 0 Å². The van der Waals surface area contributed by atoms with Crippen LogP contribution in [-0.2, 0) is 10.8 Å². The number of hydrogen-bond acceptors (Lipinski definition) is 0. The van der Waals surface area contributed by atoms with Gasteiger partial charge in [-0.05, 0) is 176 Å². The van der Waals surface area contributed by atoms with Crippen molar-refractivity contribution in [3.63, 3.8) is 0 Å². The average Bonchev–Trinajstić information content (AvgIpc) is 3.96. The molecule has 2 atom stereocenters. The lowest BCUT2D eigenvalue weighted by molar-refractivity contribution is -0.0281. The molecule has 4 bridgehead atoms. The minimum atomic E-state index is -2.60. The van der Waals surface area contributed by atoms with Gasteiger partial charge in [0.05, 0.1) is 11.0 Å². The van der Waals surface area contributed by atoms with Crippen molar-refractivity contribution in [2.24, 2.45) is 11.8 Å². The van der Waals surface area contributed by atoms with E-state index in [-0.39, 0.29) is 17.5 Å². The molecule has 1 heterocycles. The maximum atomic E-state index is 2.58. The van der Waals surface area contributed by atoms with Crippen molar-refractivity contribution in [1.82, 2.24) is 4.57 Å². The summed E-state index contributed by atoms with van der Waals surface area (Å²) in [6.45, 7) is 13.8. The third-order valence-electron chi connectivity index (χ3n) is 19.6. The Morgan fingerprint density at radius 3 is 1.25 bits per heavy atom. The highest BCUT2D eigenvalue weighted by Gasteiger charge is 2.58. The molecular weight excluding hydrogens is 966 g/mol. The minimum Gasteiger partial charge on any atom is -0.309 e. The van der Waals surface area contributed by atoms with Crippen LogP contribution in [0.1, 0.15) is 83.0 Å². The van der Waals surface area contributed by atoms with Crippen LogP contribution >= 0.6 is 0 Å². The fraction of sp³-hybridized carbons (Fsp3) is 0.211. The topological polar surface area (TPSA) is 4.93 Å². The van der Waals surface area contributed by atoms with E-state index in [1.54, 1.807) is 11.1 Å². The molecule has 0 aliphatic heterocycles. The number of aryl methyl sites for hydroxylation is 6. The van der Waals surface area contributed by atoms with Crippen LogP contribution in [0.4, 0.5) is 0 Å². The molecule has 79 heavy (non-hydrogen) atoms. The van der Waals surface area contributed by atoms with E-state index in [1.807, 2.05) is 0 Å². The Morgan fingerprint density at radius 2 is 0.785 bits per heavy atom. The maximum Gasteiger partial charge on any atom is 0.242 e. The van der Waals surface area contributed by atoms with Crippen molar-refractivity contribution in [3.05, 3.63) is 275 Å². The molecule has 11 aromatic rings. The number of aromatic nitrogens is 1. The summed E-state index contributed by atoms with van der Waals surface area (Å²) in [6, 6.07) is 89.5. The van der Waals surface area contributed by atoms with Crippen LogP contribution in [0.15, 0.2) is 231 Å². The molecular formula is C76H70BNSi. The number of benzene rings is 10. The summed E-state index contributed by atoms with van der Waals surface area (Å²) < 4.78 is 2.48. The molecule has 2 unspecified atom stereocenters. The Bertz CT molecular complexity index is 3870. The smallest absolute Gasteiger partial charge is 0.242 e. The Balaban J connectivity index is 0.838. The van der Waals surface area contributed by atoms with Gasteiger partial charge in [-0.2, -0.15) is 0 Å². The minimum absolute atomic E-state index is 0.0968. The van der Waals surface area contributed by atoms with Crippen LogP contribution in [-0.4, -0.2) is 19.4 Å². The van der Waals surface area contributed by atoms with Gasteiger partial charge in [-0.1, -0.05) is 250 Å². The Kier molecular flexibility index (Phi) is 12.1. The summed E-state index contributed by atoms with van der Waals surface area (Å²) in [6.07, 6.45) is 7.88. The van der Waals surface area contributed by atoms with E-state index in [1.165, 1.54) is 148 Å². The number of para-hydroxylation sites is 1. The Morgan fingerprint density at radius 1 is 0.392 bits per heavy atom. The lowest BCUT2D eigenvalue weighted by Crippen LogP contribution is -2.74. The van der Waals surface area contributed by atoms with E-state index in [0.717, 1.165) is 11.8 Å². The monoisotopic (exact) mass is 1040 g/mol. The van der Waals surface area contributed by atoms with Crippen LogP contribution < -0.4 is 37.1 Å². The molecule has 4 aliphatic rings. The molecule has 4 aliphatic carbocycles. The fourth-order valence-corrected chi connectivity index (χ4v) is 21.9. The van der Waals surface area contributed by atoms with Gasteiger partial charge in [0.2, 0.25) is 6.71 Å². The highest BCUT2D eigenvalue weighted by atomic mass is 28.3. The van der Waals surface area contributed by atoms with Crippen molar-refractivity contribution >= 4 is 73.7 Å². The first kappa shape index (κ1) is 49.6. The van der Waals surface area contributed by atoms with Gasteiger partial charge < -0.3 is 4.57 Å². The zero-order valence-corrected chi connectivity index (χ0v) is 47.9. The zero-order valence-electron chi connectivity index (χ0n) is 46.9. The lowest BCUT2D eigenvalue weighted by Gasteiger charge is -2.63. The number of nitrogens with zero attached hydrogens (tertiary/aromatic N) is 1. The molecule has 4 fully saturated rings. The predicted molar refractivity (Wildman–Crippen MR) is 340 cm³/mol. The third kappa shape index (κ3) is 8.17. The van der Waals surface area contributed by atoms with Gasteiger partial charge in [0.25, 0.3) is 0 Å². The van der Waals surface area contributed by atoms with Crippen LogP contribution in [0.25, 0.3) is 38.6 Å². The van der Waals surface area contributed by atoms with Gasteiger partial charge in [-0.25, -0.2) is 0 Å². The summed E-state index contributed by atoms with van der Waals surface area (Å²) in [5.41, 5.74) is 21.9. The van der Waals surface area contributed by atoms with E-state index >= 15 is 0 Å².